The molecule has 0 bridgehead atoms. The van der Waals surface area contributed by atoms with Gasteiger partial charge in [-0.25, -0.2) is 9.98 Å². The molecule has 7 nitrogen and oxygen atoms in total. The summed E-state index contributed by atoms with van der Waals surface area (Å²) in [5.41, 5.74) is 1.11. The van der Waals surface area contributed by atoms with Crippen molar-refractivity contribution in [3.05, 3.63) is 27.2 Å². The van der Waals surface area contributed by atoms with Crippen LogP contribution in [0.5, 0.6) is 0 Å². The fourth-order valence-electron chi connectivity index (χ4n) is 3.11. The van der Waals surface area contributed by atoms with E-state index in [4.69, 9.17) is 4.99 Å². The van der Waals surface area contributed by atoms with Crippen molar-refractivity contribution in [2.45, 2.75) is 72.0 Å². The van der Waals surface area contributed by atoms with E-state index in [0.29, 0.717) is 19.1 Å². The molecule has 0 saturated heterocycles. The van der Waals surface area contributed by atoms with Crippen LogP contribution >= 0.6 is 11.3 Å². The van der Waals surface area contributed by atoms with Crippen LogP contribution in [0.15, 0.2) is 4.99 Å². The molecule has 3 rings (SSSR count). The van der Waals surface area contributed by atoms with Gasteiger partial charge >= 0.3 is 0 Å². The molecule has 1 aliphatic rings. The van der Waals surface area contributed by atoms with Gasteiger partial charge in [0.05, 0.1) is 12.2 Å². The summed E-state index contributed by atoms with van der Waals surface area (Å²) in [5.74, 6) is 2.61. The Bertz CT molecular complexity index is 736. The van der Waals surface area contributed by atoms with Gasteiger partial charge in [-0.3, -0.25) is 0 Å². The van der Waals surface area contributed by atoms with Gasteiger partial charge < -0.3 is 15.2 Å². The highest BCUT2D eigenvalue weighted by Crippen LogP contribution is 2.18. The lowest BCUT2D eigenvalue weighted by Gasteiger charge is -2.25. The SMILES string of the molecule is Cc1nc(CNC(=NCc2nnc(C)n2C)NC2CCCCC2)sc1C. The molecule has 0 aliphatic heterocycles. The zero-order chi connectivity index (χ0) is 18.5. The van der Waals surface area contributed by atoms with Crippen LogP contribution in [0.25, 0.3) is 0 Å². The molecule has 1 saturated carbocycles. The van der Waals surface area contributed by atoms with Gasteiger partial charge in [-0.1, -0.05) is 19.3 Å². The lowest BCUT2D eigenvalue weighted by molar-refractivity contribution is 0.409. The van der Waals surface area contributed by atoms with Crippen molar-refractivity contribution >= 4 is 17.3 Å². The third kappa shape index (κ3) is 4.81. The minimum atomic E-state index is 0.496. The Kier molecular flexibility index (Phi) is 6.24. The summed E-state index contributed by atoms with van der Waals surface area (Å²) in [6.45, 7) is 7.32. The molecule has 1 aliphatic carbocycles. The monoisotopic (exact) mass is 375 g/mol. The zero-order valence-corrected chi connectivity index (χ0v) is 17.0. The van der Waals surface area contributed by atoms with E-state index in [9.17, 15) is 0 Å². The van der Waals surface area contributed by atoms with E-state index in [-0.39, 0.29) is 0 Å². The number of rotatable bonds is 5. The van der Waals surface area contributed by atoms with Crippen molar-refractivity contribution in [1.82, 2.24) is 30.4 Å². The Balaban J connectivity index is 1.67. The van der Waals surface area contributed by atoms with Gasteiger partial charge in [0.25, 0.3) is 0 Å². The lowest BCUT2D eigenvalue weighted by Crippen LogP contribution is -2.44. The summed E-state index contributed by atoms with van der Waals surface area (Å²) in [7, 11) is 1.98. The van der Waals surface area contributed by atoms with Crippen LogP contribution in [0.1, 0.15) is 59.3 Å². The molecule has 2 heterocycles. The van der Waals surface area contributed by atoms with Gasteiger partial charge in [-0.15, -0.1) is 21.5 Å². The van der Waals surface area contributed by atoms with Crippen LogP contribution in [0.2, 0.25) is 0 Å². The van der Waals surface area contributed by atoms with E-state index in [0.717, 1.165) is 28.3 Å². The summed E-state index contributed by atoms with van der Waals surface area (Å²) >= 11 is 1.74. The first-order valence-corrected chi connectivity index (χ1v) is 10.2. The highest BCUT2D eigenvalue weighted by atomic mass is 32.1. The van der Waals surface area contributed by atoms with Gasteiger partial charge in [0.1, 0.15) is 17.4 Å². The highest BCUT2D eigenvalue weighted by Gasteiger charge is 2.15. The van der Waals surface area contributed by atoms with E-state index < -0.39 is 0 Å². The van der Waals surface area contributed by atoms with Crippen molar-refractivity contribution in [1.29, 1.82) is 0 Å². The number of hydrogen-bond donors (Lipinski definition) is 2. The van der Waals surface area contributed by atoms with E-state index in [1.54, 1.807) is 11.3 Å². The van der Waals surface area contributed by atoms with Gasteiger partial charge in [-0.05, 0) is 33.6 Å². The second-order valence-corrected chi connectivity index (χ2v) is 8.26. The normalized spacial score (nSPS) is 16.1. The van der Waals surface area contributed by atoms with E-state index >= 15 is 0 Å². The van der Waals surface area contributed by atoms with E-state index in [1.165, 1.54) is 37.0 Å². The van der Waals surface area contributed by atoms with Crippen molar-refractivity contribution in [3.8, 4) is 0 Å². The molecule has 2 aromatic rings. The largest absolute Gasteiger partial charge is 0.354 e. The predicted octanol–water partition coefficient (Wildman–Crippen LogP) is 2.76. The van der Waals surface area contributed by atoms with E-state index in [1.807, 2.05) is 18.5 Å². The smallest absolute Gasteiger partial charge is 0.192 e. The quantitative estimate of drug-likeness (QED) is 0.620. The fraction of sp³-hybridized carbons (Fsp3) is 0.667. The standard InChI is InChI=1S/C18H29N7S/c1-12-13(2)26-17(21-12)11-20-18(22-15-8-6-5-7-9-15)19-10-16-24-23-14(3)25(16)4/h15H,5-11H2,1-4H3,(H2,19,20,22). The van der Waals surface area contributed by atoms with Gasteiger partial charge in [0.15, 0.2) is 11.8 Å². The lowest BCUT2D eigenvalue weighted by atomic mass is 9.96. The minimum absolute atomic E-state index is 0.496. The molecule has 0 radical (unpaired) electrons. The van der Waals surface area contributed by atoms with Crippen LogP contribution in [0, 0.1) is 20.8 Å². The highest BCUT2D eigenvalue weighted by molar-refractivity contribution is 7.11. The maximum Gasteiger partial charge on any atom is 0.192 e. The number of aliphatic imine (C=N–C) groups is 1. The topological polar surface area (TPSA) is 80.0 Å². The number of thiazole rings is 1. The minimum Gasteiger partial charge on any atom is -0.354 e. The molecule has 0 unspecified atom stereocenters. The molecule has 8 heteroatoms. The number of aryl methyl sites for hydroxylation is 3. The Morgan fingerprint density at radius 3 is 2.58 bits per heavy atom. The Labute approximate surface area is 159 Å². The van der Waals surface area contributed by atoms with Gasteiger partial charge in [0, 0.05) is 18.0 Å². The molecule has 26 heavy (non-hydrogen) atoms. The zero-order valence-electron chi connectivity index (χ0n) is 16.2. The Morgan fingerprint density at radius 1 is 1.19 bits per heavy atom. The number of guanidine groups is 1. The predicted molar refractivity (Wildman–Crippen MR) is 105 cm³/mol. The van der Waals surface area contributed by atoms with E-state index in [2.05, 4.69) is 39.7 Å². The van der Waals surface area contributed by atoms with Gasteiger partial charge in [0.2, 0.25) is 0 Å². The summed E-state index contributed by atoms with van der Waals surface area (Å²) in [6.07, 6.45) is 6.34. The molecular weight excluding hydrogens is 346 g/mol. The number of aromatic nitrogens is 4. The third-order valence-corrected chi connectivity index (χ3v) is 6.06. The summed E-state index contributed by atoms with van der Waals surface area (Å²) in [4.78, 5) is 10.6. The third-order valence-electron chi connectivity index (χ3n) is 4.99. The molecule has 2 aromatic heterocycles. The molecule has 2 N–H and O–H groups in total. The average molecular weight is 376 g/mol. The number of nitrogens with zero attached hydrogens (tertiary/aromatic N) is 5. The number of hydrogen-bond acceptors (Lipinski definition) is 5. The molecule has 0 aromatic carbocycles. The molecular formula is C18H29N7S. The average Bonchev–Trinajstić information content (AvgIpc) is 3.13. The van der Waals surface area contributed by atoms with Crippen molar-refractivity contribution in [2.75, 3.05) is 0 Å². The van der Waals surface area contributed by atoms with Crippen LogP contribution in [-0.4, -0.2) is 31.7 Å². The first-order valence-electron chi connectivity index (χ1n) is 9.35. The molecule has 1 fully saturated rings. The van der Waals surface area contributed by atoms with Crippen molar-refractivity contribution in [2.24, 2.45) is 12.0 Å². The summed E-state index contributed by atoms with van der Waals surface area (Å²) < 4.78 is 1.98. The van der Waals surface area contributed by atoms with Crippen molar-refractivity contribution in [3.63, 3.8) is 0 Å². The summed E-state index contributed by atoms with van der Waals surface area (Å²) in [5, 5.41) is 16.5. The Hall–Kier alpha value is -1.96. The molecule has 0 atom stereocenters. The second-order valence-electron chi connectivity index (χ2n) is 6.97. The first kappa shape index (κ1) is 18.8. The van der Waals surface area contributed by atoms with Crippen LogP contribution in [0.4, 0.5) is 0 Å². The maximum absolute atomic E-state index is 4.75. The Morgan fingerprint density at radius 2 is 1.96 bits per heavy atom. The van der Waals surface area contributed by atoms with Crippen LogP contribution in [-0.2, 0) is 20.1 Å². The molecule has 0 amide bonds. The fourth-order valence-corrected chi connectivity index (χ4v) is 3.98. The second kappa shape index (κ2) is 8.62. The van der Waals surface area contributed by atoms with Crippen LogP contribution < -0.4 is 10.6 Å². The first-order chi connectivity index (χ1) is 12.5. The maximum atomic E-state index is 4.75. The van der Waals surface area contributed by atoms with Crippen molar-refractivity contribution < 1.29 is 0 Å². The van der Waals surface area contributed by atoms with Gasteiger partial charge in [-0.2, -0.15) is 0 Å². The number of nitrogens with one attached hydrogen (secondary N) is 2. The molecule has 142 valence electrons. The van der Waals surface area contributed by atoms with Crippen LogP contribution in [0.3, 0.4) is 0 Å². The molecule has 0 spiro atoms. The summed E-state index contributed by atoms with van der Waals surface area (Å²) in [6, 6.07) is 0.496.